The predicted octanol–water partition coefficient (Wildman–Crippen LogP) is 3.27. The van der Waals surface area contributed by atoms with E-state index in [1.54, 1.807) is 30.5 Å². The number of carbonyl (C=O) groups is 1. The molecule has 1 aliphatic rings. The number of nitrogens with zero attached hydrogens (tertiary/aromatic N) is 1. The van der Waals surface area contributed by atoms with Gasteiger partial charge in [0, 0.05) is 17.8 Å². The van der Waals surface area contributed by atoms with Gasteiger partial charge in [0.05, 0.1) is 11.9 Å². The van der Waals surface area contributed by atoms with Crippen molar-refractivity contribution < 1.29 is 14.3 Å². The Hall–Kier alpha value is -2.76. The van der Waals surface area contributed by atoms with Crippen LogP contribution in [-0.4, -0.2) is 23.7 Å². The van der Waals surface area contributed by atoms with Crippen molar-refractivity contribution in [3.63, 3.8) is 0 Å². The van der Waals surface area contributed by atoms with Gasteiger partial charge in [0.1, 0.15) is 5.69 Å². The van der Waals surface area contributed by atoms with Crippen molar-refractivity contribution >= 4 is 17.3 Å². The van der Waals surface area contributed by atoms with Crippen LogP contribution in [0.5, 0.6) is 11.5 Å². The zero-order valence-corrected chi connectivity index (χ0v) is 13.1. The topological polar surface area (TPSA) is 72.5 Å². The molecule has 1 aromatic heterocycles. The van der Waals surface area contributed by atoms with E-state index in [0.29, 0.717) is 28.9 Å². The highest BCUT2D eigenvalue weighted by Gasteiger charge is 2.15. The number of ether oxygens (including phenoxy) is 2. The van der Waals surface area contributed by atoms with Crippen molar-refractivity contribution in [2.45, 2.75) is 26.3 Å². The number of nitrogens with one attached hydrogen (secondary N) is 2. The molecule has 0 spiro atoms. The molecule has 1 aromatic carbocycles. The summed E-state index contributed by atoms with van der Waals surface area (Å²) in [7, 11) is 0. The molecule has 6 nitrogen and oxygen atoms in total. The zero-order valence-electron chi connectivity index (χ0n) is 13.1. The molecular formula is C17H19N3O3. The molecule has 23 heavy (non-hydrogen) atoms. The molecule has 1 atom stereocenters. The van der Waals surface area contributed by atoms with Crippen LogP contribution in [0.4, 0.5) is 11.4 Å². The largest absolute Gasteiger partial charge is 0.454 e. The second-order valence-corrected chi connectivity index (χ2v) is 5.41. The fourth-order valence-corrected chi connectivity index (χ4v) is 2.17. The summed E-state index contributed by atoms with van der Waals surface area (Å²) in [6.45, 7) is 4.41. The maximum atomic E-state index is 12.2. The summed E-state index contributed by atoms with van der Waals surface area (Å²) in [5, 5.41) is 6.11. The maximum Gasteiger partial charge on any atom is 0.274 e. The molecular weight excluding hydrogens is 294 g/mol. The summed E-state index contributed by atoms with van der Waals surface area (Å²) in [4.78, 5) is 16.4. The number of rotatable bonds is 5. The van der Waals surface area contributed by atoms with Crippen molar-refractivity contribution in [1.82, 2.24) is 4.98 Å². The van der Waals surface area contributed by atoms with Crippen molar-refractivity contribution in [1.29, 1.82) is 0 Å². The van der Waals surface area contributed by atoms with Gasteiger partial charge in [-0.25, -0.2) is 4.98 Å². The molecule has 1 amide bonds. The first kappa shape index (κ1) is 15.1. The summed E-state index contributed by atoms with van der Waals surface area (Å²) in [5.74, 6) is 1.05. The van der Waals surface area contributed by atoms with Crippen molar-refractivity contribution in [2.75, 3.05) is 17.4 Å². The van der Waals surface area contributed by atoms with Gasteiger partial charge in [0.2, 0.25) is 6.79 Å². The molecule has 2 aromatic rings. The number of carbonyl (C=O) groups excluding carboxylic acids is 1. The van der Waals surface area contributed by atoms with E-state index in [1.165, 1.54) is 0 Å². The van der Waals surface area contributed by atoms with E-state index < -0.39 is 0 Å². The van der Waals surface area contributed by atoms with Crippen LogP contribution in [0.15, 0.2) is 36.5 Å². The summed E-state index contributed by atoms with van der Waals surface area (Å²) < 4.78 is 10.5. The van der Waals surface area contributed by atoms with Gasteiger partial charge in [0.15, 0.2) is 11.5 Å². The third-order valence-corrected chi connectivity index (χ3v) is 3.65. The van der Waals surface area contributed by atoms with Crippen LogP contribution in [0.1, 0.15) is 30.8 Å². The highest BCUT2D eigenvalue weighted by Crippen LogP contribution is 2.34. The van der Waals surface area contributed by atoms with Gasteiger partial charge in [-0.05, 0) is 37.6 Å². The minimum absolute atomic E-state index is 0.207. The molecule has 1 unspecified atom stereocenters. The lowest BCUT2D eigenvalue weighted by molar-refractivity contribution is 0.102. The number of fused-ring (bicyclic) bond motifs is 1. The first-order chi connectivity index (χ1) is 11.2. The fraction of sp³-hybridized carbons (Fsp3) is 0.294. The summed E-state index contributed by atoms with van der Waals surface area (Å²) in [5.41, 5.74) is 1.90. The number of pyridine rings is 1. The van der Waals surface area contributed by atoms with E-state index in [9.17, 15) is 4.79 Å². The molecule has 6 heteroatoms. The van der Waals surface area contributed by atoms with Crippen LogP contribution in [0.2, 0.25) is 0 Å². The van der Waals surface area contributed by atoms with E-state index in [2.05, 4.69) is 29.5 Å². The number of hydrogen-bond acceptors (Lipinski definition) is 5. The number of amides is 1. The second-order valence-electron chi connectivity index (χ2n) is 5.41. The highest BCUT2D eigenvalue weighted by molar-refractivity contribution is 6.03. The summed E-state index contributed by atoms with van der Waals surface area (Å²) in [6.07, 6.45) is 2.69. The van der Waals surface area contributed by atoms with E-state index in [0.717, 1.165) is 12.1 Å². The first-order valence-corrected chi connectivity index (χ1v) is 7.59. The molecule has 120 valence electrons. The lowest BCUT2D eigenvalue weighted by Crippen LogP contribution is -2.16. The Morgan fingerprint density at radius 1 is 1.22 bits per heavy atom. The summed E-state index contributed by atoms with van der Waals surface area (Å²) in [6, 6.07) is 9.19. The third kappa shape index (κ3) is 3.53. The molecule has 0 saturated heterocycles. The Labute approximate surface area is 134 Å². The van der Waals surface area contributed by atoms with Gasteiger partial charge in [-0.2, -0.15) is 0 Å². The fourth-order valence-electron chi connectivity index (χ4n) is 2.17. The Bertz CT molecular complexity index is 701. The average Bonchev–Trinajstić information content (AvgIpc) is 3.03. The van der Waals surface area contributed by atoms with Crippen LogP contribution in [-0.2, 0) is 0 Å². The van der Waals surface area contributed by atoms with E-state index in [4.69, 9.17) is 9.47 Å². The zero-order chi connectivity index (χ0) is 16.2. The number of benzene rings is 1. The lowest BCUT2D eigenvalue weighted by Gasteiger charge is -2.12. The van der Waals surface area contributed by atoms with Gasteiger partial charge in [-0.3, -0.25) is 4.79 Å². The van der Waals surface area contributed by atoms with Crippen molar-refractivity contribution in [2.24, 2.45) is 0 Å². The van der Waals surface area contributed by atoms with Crippen LogP contribution >= 0.6 is 0 Å². The third-order valence-electron chi connectivity index (χ3n) is 3.65. The molecule has 0 radical (unpaired) electrons. The van der Waals surface area contributed by atoms with Crippen molar-refractivity contribution in [3.8, 4) is 11.5 Å². The molecule has 0 saturated carbocycles. The standard InChI is InChI=1S/C17H19N3O3/c1-3-11(2)19-13-4-6-14(18-9-13)17(21)20-12-5-7-15-16(8-12)23-10-22-15/h4-9,11,19H,3,10H2,1-2H3,(H,20,21). The Kier molecular flexibility index (Phi) is 4.32. The second kappa shape index (κ2) is 6.56. The van der Waals surface area contributed by atoms with Gasteiger partial charge >= 0.3 is 0 Å². The van der Waals surface area contributed by atoms with E-state index in [-0.39, 0.29) is 12.7 Å². The Balaban J connectivity index is 1.66. The van der Waals surface area contributed by atoms with E-state index in [1.807, 2.05) is 6.07 Å². The Morgan fingerprint density at radius 3 is 2.74 bits per heavy atom. The minimum atomic E-state index is -0.265. The summed E-state index contributed by atoms with van der Waals surface area (Å²) >= 11 is 0. The number of anilines is 2. The van der Waals surface area contributed by atoms with Gasteiger partial charge < -0.3 is 20.1 Å². The highest BCUT2D eigenvalue weighted by atomic mass is 16.7. The van der Waals surface area contributed by atoms with E-state index >= 15 is 0 Å². The lowest BCUT2D eigenvalue weighted by atomic mass is 10.2. The first-order valence-electron chi connectivity index (χ1n) is 7.59. The number of aromatic nitrogens is 1. The van der Waals surface area contributed by atoms with Gasteiger partial charge in [-0.15, -0.1) is 0 Å². The van der Waals surface area contributed by atoms with Crippen LogP contribution < -0.4 is 20.1 Å². The van der Waals surface area contributed by atoms with Crippen LogP contribution in [0.25, 0.3) is 0 Å². The average molecular weight is 313 g/mol. The monoisotopic (exact) mass is 313 g/mol. The SMILES string of the molecule is CCC(C)Nc1ccc(C(=O)Nc2ccc3c(c2)OCO3)nc1. The van der Waals surface area contributed by atoms with Gasteiger partial charge in [-0.1, -0.05) is 6.92 Å². The number of hydrogen-bond donors (Lipinski definition) is 2. The van der Waals surface area contributed by atoms with Gasteiger partial charge in [0.25, 0.3) is 5.91 Å². The molecule has 3 rings (SSSR count). The predicted molar refractivity (Wildman–Crippen MR) is 88.1 cm³/mol. The molecule has 1 aliphatic heterocycles. The minimum Gasteiger partial charge on any atom is -0.454 e. The maximum absolute atomic E-state index is 12.2. The van der Waals surface area contributed by atoms with Crippen LogP contribution in [0.3, 0.4) is 0 Å². The molecule has 2 heterocycles. The van der Waals surface area contributed by atoms with Crippen LogP contribution in [0, 0.1) is 0 Å². The van der Waals surface area contributed by atoms with Crippen molar-refractivity contribution in [3.05, 3.63) is 42.2 Å². The molecule has 0 aliphatic carbocycles. The molecule has 0 fully saturated rings. The Morgan fingerprint density at radius 2 is 2.00 bits per heavy atom. The molecule has 0 bridgehead atoms. The normalized spacial score (nSPS) is 13.5. The quantitative estimate of drug-likeness (QED) is 0.886. The smallest absolute Gasteiger partial charge is 0.274 e. The molecule has 2 N–H and O–H groups in total.